The van der Waals surface area contributed by atoms with Gasteiger partial charge >= 0.3 is 5.97 Å². The van der Waals surface area contributed by atoms with E-state index in [9.17, 15) is 9.90 Å². The highest BCUT2D eigenvalue weighted by Gasteiger charge is 2.28. The Bertz CT molecular complexity index is 699. The Labute approximate surface area is 210 Å². The summed E-state index contributed by atoms with van der Waals surface area (Å²) in [6.07, 6.45) is 19.3. The van der Waals surface area contributed by atoms with Crippen molar-refractivity contribution >= 4 is 55.6 Å². The molecule has 0 amide bonds. The molecule has 6 heteroatoms. The number of hydrogen-bond donors (Lipinski definition) is 4. The molecule has 31 heavy (non-hydrogen) atoms. The lowest BCUT2D eigenvalue weighted by atomic mass is 9.83. The number of carboxylic acids is 1. The smallest absolute Gasteiger partial charge is 0.338 e. The van der Waals surface area contributed by atoms with Gasteiger partial charge in [0.05, 0.1) is 5.56 Å². The molecule has 1 aromatic carbocycles. The molecule has 1 aliphatic carbocycles. The Morgan fingerprint density at radius 1 is 0.839 bits per heavy atom. The van der Waals surface area contributed by atoms with Crippen LogP contribution in [0.5, 0.6) is 0 Å². The summed E-state index contributed by atoms with van der Waals surface area (Å²) in [4.78, 5) is 14.7. The van der Waals surface area contributed by atoms with Crippen LogP contribution in [0.3, 0.4) is 0 Å². The molecular weight excluding hydrogens is 461 g/mol. The largest absolute Gasteiger partial charge is 0.478 e. The van der Waals surface area contributed by atoms with Gasteiger partial charge in [0.25, 0.3) is 0 Å². The van der Waals surface area contributed by atoms with Crippen LogP contribution in [0.1, 0.15) is 125 Å². The number of carboxylic acid groups (broad SMARTS) is 1. The van der Waals surface area contributed by atoms with Crippen LogP contribution in [0.15, 0.2) is 19.6 Å². The van der Waals surface area contributed by atoms with Gasteiger partial charge in [0.1, 0.15) is 0 Å². The Hall–Kier alpha value is 0.0900. The molecule has 0 bridgehead atoms. The normalized spacial score (nSPS) is 14.8. The summed E-state index contributed by atoms with van der Waals surface area (Å²) in [5.74, 6) is 0.472. The van der Waals surface area contributed by atoms with Gasteiger partial charge < -0.3 is 5.11 Å². The lowest BCUT2D eigenvalue weighted by molar-refractivity contribution is 0.0688. The van der Waals surface area contributed by atoms with E-state index in [0.29, 0.717) is 15.7 Å². The third-order valence-electron chi connectivity index (χ3n) is 6.38. The second-order valence-corrected chi connectivity index (χ2v) is 11.3. The number of unbranched alkanes of at least 4 members (excludes halogenated alkanes) is 9. The van der Waals surface area contributed by atoms with Gasteiger partial charge in [-0.25, -0.2) is 4.79 Å². The zero-order valence-corrected chi connectivity index (χ0v) is 22.5. The second-order valence-electron chi connectivity index (χ2n) is 8.83. The summed E-state index contributed by atoms with van der Waals surface area (Å²) in [6, 6.07) is 0. The lowest BCUT2D eigenvalue weighted by Crippen LogP contribution is -2.11. The van der Waals surface area contributed by atoms with Crippen LogP contribution in [0.25, 0.3) is 0 Å². The first-order valence-corrected chi connectivity index (χ1v) is 14.5. The molecule has 1 fully saturated rings. The summed E-state index contributed by atoms with van der Waals surface area (Å²) in [5.41, 5.74) is 1.39. The number of rotatable bonds is 14. The maximum Gasteiger partial charge on any atom is 0.338 e. The van der Waals surface area contributed by atoms with Gasteiger partial charge in [-0.2, -0.15) is 0 Å². The molecule has 0 heterocycles. The third kappa shape index (κ3) is 8.42. The summed E-state index contributed by atoms with van der Waals surface area (Å²) >= 11 is 15.7. The molecule has 1 aliphatic rings. The van der Waals surface area contributed by atoms with Crippen molar-refractivity contribution < 1.29 is 9.90 Å². The van der Waals surface area contributed by atoms with Crippen LogP contribution in [0.4, 0.5) is 0 Å². The molecule has 1 aromatic rings. The zero-order chi connectivity index (χ0) is 22.6. The third-order valence-corrected chi connectivity index (χ3v) is 9.28. The second kappa shape index (κ2) is 15.1. The van der Waals surface area contributed by atoms with Gasteiger partial charge in [-0.05, 0) is 36.5 Å². The average Bonchev–Trinajstić information content (AvgIpc) is 2.76. The van der Waals surface area contributed by atoms with Gasteiger partial charge in [-0.15, -0.1) is 49.6 Å². The Morgan fingerprint density at radius 2 is 1.39 bits per heavy atom. The fourth-order valence-electron chi connectivity index (χ4n) is 4.59. The van der Waals surface area contributed by atoms with E-state index in [2.05, 4.69) is 32.2 Å². The molecule has 0 aromatic heterocycles. The van der Waals surface area contributed by atoms with Crippen LogP contribution >= 0.6 is 49.6 Å². The molecule has 1 saturated carbocycles. The van der Waals surface area contributed by atoms with Crippen molar-refractivity contribution in [2.24, 2.45) is 0 Å². The van der Waals surface area contributed by atoms with Crippen LogP contribution in [0, 0.1) is 0 Å². The summed E-state index contributed by atoms with van der Waals surface area (Å²) in [5, 5.41) is 9.72. The van der Waals surface area contributed by atoms with Gasteiger partial charge in [-0.3, -0.25) is 0 Å². The first kappa shape index (κ1) is 27.3. The zero-order valence-electron chi connectivity index (χ0n) is 19.0. The first-order valence-electron chi connectivity index (χ1n) is 12.2. The van der Waals surface area contributed by atoms with E-state index in [1.165, 1.54) is 82.6 Å². The Morgan fingerprint density at radius 3 is 1.94 bits per heavy atom. The molecule has 2 rings (SSSR count). The molecule has 176 valence electrons. The number of hydrogen-bond acceptors (Lipinski definition) is 5. The minimum atomic E-state index is -0.971. The highest BCUT2D eigenvalue weighted by molar-refractivity contribution is 7.99. The van der Waals surface area contributed by atoms with Crippen LogP contribution in [0.2, 0.25) is 0 Å². The van der Waals surface area contributed by atoms with Gasteiger partial charge in [0.2, 0.25) is 0 Å². The van der Waals surface area contributed by atoms with Crippen molar-refractivity contribution in [1.29, 1.82) is 0 Å². The standard InChI is InChI=1S/C25H40O2S4/c1-2-3-4-5-6-7-8-9-10-14-17-31-24-19(18-15-12-11-13-16-18)21(28)22(29)20(23(24)30)25(26)27/h18,28-30H,2-17H2,1H3,(H,26,27). The van der Waals surface area contributed by atoms with E-state index in [1.807, 2.05) is 0 Å². The predicted octanol–water partition coefficient (Wildman–Crippen LogP) is 9.31. The van der Waals surface area contributed by atoms with Crippen molar-refractivity contribution in [3.05, 3.63) is 11.1 Å². The van der Waals surface area contributed by atoms with Crippen molar-refractivity contribution in [2.75, 3.05) is 5.75 Å². The van der Waals surface area contributed by atoms with E-state index >= 15 is 0 Å². The maximum absolute atomic E-state index is 11.9. The van der Waals surface area contributed by atoms with Gasteiger partial charge in [0.15, 0.2) is 0 Å². The SMILES string of the molecule is CCCCCCCCCCCCSc1c(S)c(C(=O)O)c(S)c(S)c1C1CCCCC1. The fourth-order valence-corrected chi connectivity index (χ4v) is 7.22. The summed E-state index contributed by atoms with van der Waals surface area (Å²) in [6.45, 7) is 2.26. The first-order chi connectivity index (χ1) is 15.0. The summed E-state index contributed by atoms with van der Waals surface area (Å²) in [7, 11) is 0. The minimum absolute atomic E-state index is 0.196. The summed E-state index contributed by atoms with van der Waals surface area (Å²) < 4.78 is 0. The number of carbonyl (C=O) groups is 1. The number of thioether (sulfide) groups is 1. The Kier molecular flexibility index (Phi) is 13.3. The topological polar surface area (TPSA) is 37.3 Å². The molecule has 0 saturated heterocycles. The van der Waals surface area contributed by atoms with Crippen molar-refractivity contribution in [2.45, 2.75) is 129 Å². The van der Waals surface area contributed by atoms with Gasteiger partial charge in [-0.1, -0.05) is 84.0 Å². The molecular formula is C25H40O2S4. The van der Waals surface area contributed by atoms with E-state index < -0.39 is 5.97 Å². The number of benzene rings is 1. The molecule has 0 aliphatic heterocycles. The highest BCUT2D eigenvalue weighted by atomic mass is 32.2. The van der Waals surface area contributed by atoms with E-state index in [1.54, 1.807) is 11.8 Å². The monoisotopic (exact) mass is 500 g/mol. The van der Waals surface area contributed by atoms with Crippen LogP contribution in [-0.4, -0.2) is 16.8 Å². The van der Waals surface area contributed by atoms with Crippen molar-refractivity contribution in [3.63, 3.8) is 0 Å². The van der Waals surface area contributed by atoms with Crippen LogP contribution in [-0.2, 0) is 0 Å². The van der Waals surface area contributed by atoms with E-state index in [4.69, 9.17) is 12.6 Å². The number of thiol groups is 3. The van der Waals surface area contributed by atoms with Crippen molar-refractivity contribution in [1.82, 2.24) is 0 Å². The lowest BCUT2D eigenvalue weighted by Gasteiger charge is -2.28. The molecule has 2 nitrogen and oxygen atoms in total. The Balaban J connectivity index is 1.94. The molecule has 0 unspecified atom stereocenters. The average molecular weight is 501 g/mol. The minimum Gasteiger partial charge on any atom is -0.478 e. The van der Waals surface area contributed by atoms with Crippen LogP contribution < -0.4 is 0 Å². The molecule has 0 spiro atoms. The molecule has 0 atom stereocenters. The fraction of sp³-hybridized carbons (Fsp3) is 0.720. The van der Waals surface area contributed by atoms with Gasteiger partial charge in [0, 0.05) is 19.6 Å². The predicted molar refractivity (Wildman–Crippen MR) is 144 cm³/mol. The van der Waals surface area contributed by atoms with Crippen molar-refractivity contribution in [3.8, 4) is 0 Å². The maximum atomic E-state index is 11.9. The molecule has 0 radical (unpaired) electrons. The highest BCUT2D eigenvalue weighted by Crippen LogP contribution is 2.47. The quantitative estimate of drug-likeness (QED) is 0.117. The van der Waals surface area contributed by atoms with E-state index in [-0.39, 0.29) is 5.56 Å². The number of aromatic carboxylic acids is 1. The van der Waals surface area contributed by atoms with E-state index in [0.717, 1.165) is 34.8 Å². The molecule has 1 N–H and O–H groups in total.